The Labute approximate surface area is 144 Å². The maximum Gasteiger partial charge on any atom is 0.225 e. The van der Waals surface area contributed by atoms with Gasteiger partial charge in [-0.2, -0.15) is 16.4 Å². The number of nitrogens with one attached hydrogen (secondary N) is 2. The van der Waals surface area contributed by atoms with Gasteiger partial charge in [-0.1, -0.05) is 0 Å². The minimum atomic E-state index is -0.0143. The van der Waals surface area contributed by atoms with Gasteiger partial charge in [-0.15, -0.1) is 5.10 Å². The summed E-state index contributed by atoms with van der Waals surface area (Å²) in [6, 6.07) is 5.63. The van der Waals surface area contributed by atoms with Crippen molar-refractivity contribution in [3.05, 3.63) is 24.0 Å². The number of rotatable bonds is 5. The van der Waals surface area contributed by atoms with E-state index in [4.69, 9.17) is 4.74 Å². The lowest BCUT2D eigenvalue weighted by molar-refractivity contribution is -0.116. The van der Waals surface area contributed by atoms with E-state index in [0.717, 1.165) is 18.1 Å². The van der Waals surface area contributed by atoms with Crippen LogP contribution in [0.1, 0.15) is 12.2 Å². The van der Waals surface area contributed by atoms with Gasteiger partial charge in [-0.25, -0.2) is 0 Å². The number of anilines is 1. The number of benzene rings is 1. The Bertz CT molecular complexity index is 714. The summed E-state index contributed by atoms with van der Waals surface area (Å²) in [7, 11) is 1.59. The van der Waals surface area contributed by atoms with Crippen LogP contribution in [0.25, 0.3) is 5.69 Å². The molecule has 1 aromatic carbocycles. The van der Waals surface area contributed by atoms with Crippen molar-refractivity contribution in [2.75, 3.05) is 30.5 Å². The van der Waals surface area contributed by atoms with E-state index in [9.17, 15) is 4.79 Å². The highest BCUT2D eigenvalue weighted by Crippen LogP contribution is 2.26. The molecular formula is C15H20N6O2S. The Hall–Kier alpha value is -2.13. The number of ether oxygens (including phenoxy) is 1. The van der Waals surface area contributed by atoms with Gasteiger partial charge < -0.3 is 15.4 Å². The van der Waals surface area contributed by atoms with Crippen LogP contribution < -0.4 is 15.4 Å². The number of methoxy groups -OCH3 is 1. The van der Waals surface area contributed by atoms with Crippen molar-refractivity contribution in [2.24, 2.45) is 0 Å². The number of nitrogens with zero attached hydrogens (tertiary/aromatic N) is 4. The van der Waals surface area contributed by atoms with Gasteiger partial charge in [0.1, 0.15) is 11.4 Å². The van der Waals surface area contributed by atoms with Gasteiger partial charge in [0, 0.05) is 36.2 Å². The average Bonchev–Trinajstić information content (AvgIpc) is 3.01. The molecule has 1 fully saturated rings. The Morgan fingerprint density at radius 2 is 2.42 bits per heavy atom. The summed E-state index contributed by atoms with van der Waals surface area (Å²) >= 11 is 1.87. The van der Waals surface area contributed by atoms with Gasteiger partial charge in [0.2, 0.25) is 5.91 Å². The highest BCUT2D eigenvalue weighted by atomic mass is 32.2. The van der Waals surface area contributed by atoms with E-state index in [1.807, 2.05) is 23.9 Å². The maximum absolute atomic E-state index is 12.3. The molecule has 0 aliphatic carbocycles. The summed E-state index contributed by atoms with van der Waals surface area (Å²) in [5.74, 6) is 3.32. The molecule has 1 unspecified atom stereocenters. The topological polar surface area (TPSA) is 94.0 Å². The monoisotopic (exact) mass is 348 g/mol. The number of aryl methyl sites for hydroxylation is 1. The molecule has 128 valence electrons. The van der Waals surface area contributed by atoms with Crippen molar-refractivity contribution in [1.29, 1.82) is 0 Å². The van der Waals surface area contributed by atoms with E-state index in [1.54, 1.807) is 24.8 Å². The zero-order valence-corrected chi connectivity index (χ0v) is 14.5. The normalized spacial score (nSPS) is 17.5. The molecule has 1 amide bonds. The number of hydrogen-bond acceptors (Lipinski definition) is 7. The van der Waals surface area contributed by atoms with Crippen molar-refractivity contribution in [2.45, 2.75) is 19.4 Å². The second-order valence-electron chi connectivity index (χ2n) is 5.50. The van der Waals surface area contributed by atoms with Crippen LogP contribution in [0, 0.1) is 6.92 Å². The number of amides is 1. The number of aromatic nitrogens is 4. The number of carbonyl (C=O) groups is 1. The third-order valence-corrected chi connectivity index (χ3v) is 4.88. The predicted octanol–water partition coefficient (Wildman–Crippen LogP) is 1.01. The van der Waals surface area contributed by atoms with Crippen LogP contribution in [0.15, 0.2) is 18.2 Å². The summed E-state index contributed by atoms with van der Waals surface area (Å²) in [6.07, 6.45) is 0.457. The molecule has 1 aliphatic heterocycles. The molecule has 3 rings (SSSR count). The minimum Gasteiger partial charge on any atom is -0.494 e. The summed E-state index contributed by atoms with van der Waals surface area (Å²) in [5, 5.41) is 17.8. The van der Waals surface area contributed by atoms with E-state index in [1.165, 1.54) is 0 Å². The fourth-order valence-electron chi connectivity index (χ4n) is 2.57. The Morgan fingerprint density at radius 3 is 3.08 bits per heavy atom. The fourth-order valence-corrected chi connectivity index (χ4v) is 3.52. The quantitative estimate of drug-likeness (QED) is 0.833. The second kappa shape index (κ2) is 7.63. The van der Waals surface area contributed by atoms with Crippen LogP contribution in [0.4, 0.5) is 5.69 Å². The molecule has 8 nitrogen and oxygen atoms in total. The molecule has 2 heterocycles. The molecule has 0 radical (unpaired) electrons. The standard InChI is InChI=1S/C15H20N6O2S/c1-10-18-19-20-21(10)13-7-11(3-4-14(13)23-2)17-15(22)8-12-9-24-6-5-16-12/h3-4,7,12,16H,5-6,8-9H2,1-2H3,(H,17,22). The van der Waals surface area contributed by atoms with Crippen molar-refractivity contribution < 1.29 is 9.53 Å². The minimum absolute atomic E-state index is 0.0143. The van der Waals surface area contributed by atoms with Crippen LogP contribution in [-0.4, -0.2) is 57.3 Å². The predicted molar refractivity (Wildman–Crippen MR) is 92.8 cm³/mol. The van der Waals surface area contributed by atoms with E-state index in [2.05, 4.69) is 26.2 Å². The van der Waals surface area contributed by atoms with Crippen molar-refractivity contribution in [3.63, 3.8) is 0 Å². The van der Waals surface area contributed by atoms with Crippen LogP contribution in [0.5, 0.6) is 5.75 Å². The zero-order valence-electron chi connectivity index (χ0n) is 13.7. The molecule has 0 spiro atoms. The Kier molecular flexibility index (Phi) is 5.31. The molecule has 1 aliphatic rings. The van der Waals surface area contributed by atoms with Crippen molar-refractivity contribution >= 4 is 23.4 Å². The van der Waals surface area contributed by atoms with Crippen LogP contribution in [-0.2, 0) is 4.79 Å². The first kappa shape index (κ1) is 16.7. The van der Waals surface area contributed by atoms with Crippen molar-refractivity contribution in [1.82, 2.24) is 25.5 Å². The first-order valence-corrected chi connectivity index (χ1v) is 8.87. The first-order valence-electron chi connectivity index (χ1n) is 7.71. The lowest BCUT2D eigenvalue weighted by atomic mass is 10.2. The van der Waals surface area contributed by atoms with Gasteiger partial charge in [0.15, 0.2) is 5.82 Å². The number of tetrazole rings is 1. The summed E-state index contributed by atoms with van der Waals surface area (Å²) in [6.45, 7) is 2.75. The zero-order chi connectivity index (χ0) is 16.9. The summed E-state index contributed by atoms with van der Waals surface area (Å²) in [4.78, 5) is 12.3. The van der Waals surface area contributed by atoms with E-state index >= 15 is 0 Å². The Balaban J connectivity index is 1.74. The lowest BCUT2D eigenvalue weighted by Crippen LogP contribution is -2.39. The van der Waals surface area contributed by atoms with Crippen LogP contribution >= 0.6 is 11.8 Å². The van der Waals surface area contributed by atoms with Gasteiger partial charge >= 0.3 is 0 Å². The Morgan fingerprint density at radius 1 is 1.54 bits per heavy atom. The second-order valence-corrected chi connectivity index (χ2v) is 6.65. The van der Waals surface area contributed by atoms with Gasteiger partial charge in [0.25, 0.3) is 0 Å². The highest BCUT2D eigenvalue weighted by Gasteiger charge is 2.17. The molecule has 24 heavy (non-hydrogen) atoms. The largest absolute Gasteiger partial charge is 0.494 e. The molecule has 0 bridgehead atoms. The van der Waals surface area contributed by atoms with Crippen molar-refractivity contribution in [3.8, 4) is 11.4 Å². The molecule has 1 atom stereocenters. The van der Waals surface area contributed by atoms with E-state index in [-0.39, 0.29) is 11.9 Å². The summed E-state index contributed by atoms with van der Waals surface area (Å²) in [5.41, 5.74) is 1.37. The van der Waals surface area contributed by atoms with Crippen LogP contribution in [0.3, 0.4) is 0 Å². The molecule has 9 heteroatoms. The number of thioether (sulfide) groups is 1. The molecule has 2 N–H and O–H groups in total. The third-order valence-electron chi connectivity index (χ3n) is 3.75. The fraction of sp³-hybridized carbons (Fsp3) is 0.467. The SMILES string of the molecule is COc1ccc(NC(=O)CC2CSCCN2)cc1-n1nnnc1C. The average molecular weight is 348 g/mol. The summed E-state index contributed by atoms with van der Waals surface area (Å²) < 4.78 is 6.94. The lowest BCUT2D eigenvalue weighted by Gasteiger charge is -2.22. The molecule has 0 saturated carbocycles. The van der Waals surface area contributed by atoms with E-state index < -0.39 is 0 Å². The van der Waals surface area contributed by atoms with Gasteiger partial charge in [0.05, 0.1) is 7.11 Å². The number of carbonyl (C=O) groups excluding carboxylic acids is 1. The number of hydrogen-bond donors (Lipinski definition) is 2. The van der Waals surface area contributed by atoms with Gasteiger partial charge in [-0.05, 0) is 35.5 Å². The first-order chi connectivity index (χ1) is 11.7. The smallest absolute Gasteiger partial charge is 0.225 e. The van der Waals surface area contributed by atoms with Crippen LogP contribution in [0.2, 0.25) is 0 Å². The maximum atomic E-state index is 12.3. The molecular weight excluding hydrogens is 328 g/mol. The molecule has 2 aromatic rings. The molecule has 1 saturated heterocycles. The molecule has 1 aromatic heterocycles. The third kappa shape index (κ3) is 3.85. The van der Waals surface area contributed by atoms with E-state index in [0.29, 0.717) is 29.4 Å². The highest BCUT2D eigenvalue weighted by molar-refractivity contribution is 7.99. The van der Waals surface area contributed by atoms with Gasteiger partial charge in [-0.3, -0.25) is 4.79 Å².